The van der Waals surface area contributed by atoms with Crippen LogP contribution in [0.15, 0.2) is 183 Å². The van der Waals surface area contributed by atoms with Crippen LogP contribution in [0.5, 0.6) is 11.5 Å². The largest absolute Gasteiger partial charge is 0.490 e. The van der Waals surface area contributed by atoms with Crippen molar-refractivity contribution in [3.63, 3.8) is 0 Å². The second-order valence-corrected chi connectivity index (χ2v) is 42.9. The lowest BCUT2D eigenvalue weighted by atomic mass is 9.94. The molecule has 0 bridgehead atoms. The molecule has 5 fully saturated rings. The van der Waals surface area contributed by atoms with Crippen molar-refractivity contribution in [2.75, 3.05) is 68.3 Å². The van der Waals surface area contributed by atoms with Crippen molar-refractivity contribution in [2.45, 2.75) is 200 Å². The molecule has 0 aliphatic carbocycles. The number of esters is 2. The number of para-hydroxylation sites is 2. The van der Waals surface area contributed by atoms with E-state index in [9.17, 15) is 76.9 Å². The summed E-state index contributed by atoms with van der Waals surface area (Å²) in [6.45, 7) is 10.7. The summed E-state index contributed by atoms with van der Waals surface area (Å²) in [4.78, 5) is 60.2. The molecule has 15 heterocycles. The molecule has 10 aromatic heterocycles. The summed E-state index contributed by atoms with van der Waals surface area (Å²) in [6.07, 6.45) is -16.9. The van der Waals surface area contributed by atoms with Gasteiger partial charge in [0.15, 0.2) is 30.9 Å². The van der Waals surface area contributed by atoms with Gasteiger partial charge in [-0.05, 0) is 178 Å². The highest BCUT2D eigenvalue weighted by Crippen LogP contribution is 2.67. The van der Waals surface area contributed by atoms with Crippen LogP contribution in [0.1, 0.15) is 90.8 Å². The first-order chi connectivity index (χ1) is 69.6. The molecule has 4 unspecified atom stereocenters. The maximum Gasteiger partial charge on any atom is 0.490 e. The third-order valence-corrected chi connectivity index (χ3v) is 31.4. The second kappa shape index (κ2) is 45.5. The van der Waals surface area contributed by atoms with E-state index in [1.165, 1.54) is 113 Å². The summed E-state index contributed by atoms with van der Waals surface area (Å²) in [7, 11) is -25.2. The number of aliphatic hydroxyl groups excluding tert-OH is 7. The van der Waals surface area contributed by atoms with Gasteiger partial charge in [-0.25, -0.2) is 67.4 Å². The van der Waals surface area contributed by atoms with Crippen molar-refractivity contribution in [3.05, 3.63) is 211 Å². The minimum absolute atomic E-state index is 0.120. The van der Waals surface area contributed by atoms with Crippen LogP contribution < -0.4 is 47.9 Å². The van der Waals surface area contributed by atoms with Crippen LogP contribution in [-0.4, -0.2) is 265 Å². The number of rotatable bonds is 32. The first-order valence-electron chi connectivity index (χ1n) is 45.1. The summed E-state index contributed by atoms with van der Waals surface area (Å²) in [5.41, 5.74) is 27.2. The molecule has 5 aliphatic rings. The first-order valence-corrected chi connectivity index (χ1v) is 52.7. The van der Waals surface area contributed by atoms with E-state index in [4.69, 9.17) is 105 Å². The van der Waals surface area contributed by atoms with Crippen LogP contribution in [0, 0.1) is 11.3 Å². The molecule has 5 aliphatic heterocycles. The molecule has 0 radical (unpaired) electrons. The summed E-state index contributed by atoms with van der Waals surface area (Å²) >= 11 is 0. The maximum absolute atomic E-state index is 15.5. The van der Waals surface area contributed by atoms with Gasteiger partial charge in [0, 0.05) is 31.0 Å². The lowest BCUT2D eigenvalue weighted by molar-refractivity contribution is -0.149. The smallest absolute Gasteiger partial charge is 0.465 e. The Labute approximate surface area is 838 Å². The van der Waals surface area contributed by atoms with Gasteiger partial charge < -0.3 is 126 Å². The number of halogens is 5. The number of anilines is 5. The van der Waals surface area contributed by atoms with Gasteiger partial charge in [-0.1, -0.05) is 36.4 Å². The SMILES string of the molecule is CC(C)OC(=O)[C@@H](C)NP(=O)(OC[C@H]1O[C@@](C)(c2ccc3c(N)ccnn23)[C@H](F)[C@@H]1O)Oc1ccccc1.CCOC(=O)[C@@H](C)NP(=O)(OC[C@H]1O[C@@](C)(c2ccc3c(N)ccnn23)[C@H](F)[C@@H]1O)Oc1ccccc1.C[C@@]1(c2ccc3c(N)ccnn23)O[C@H](CO)[C@@H](O)[C@H]1F.C[C@@]1(c2ccc3c(N)ccnn23)O[C@H](COP(=O)(O)OP(=O)(O)OP(=O)(O)O)[C@@H](O)[C@H]1F.N#C[C@@]1(c2ccc3c(N)ccnn23)O[C@H](CO)[C@@H](O)[C@H]1F. The molecule has 23 N–H and O–H groups in total. The lowest BCUT2D eigenvalue weighted by Gasteiger charge is -2.27. The number of nitrogens with zero attached hydrogens (tertiary/aromatic N) is 11. The number of alkyl halides is 5. The summed E-state index contributed by atoms with van der Waals surface area (Å²) < 4.78 is 216. The van der Waals surface area contributed by atoms with Crippen molar-refractivity contribution in [1.29, 1.82) is 5.26 Å². The molecule has 0 saturated carbocycles. The average Bonchev–Trinajstić information content (AvgIpc) is 1.57. The number of nitriles is 1. The Balaban J connectivity index is 0.000000158. The zero-order valence-corrected chi connectivity index (χ0v) is 84.4. The van der Waals surface area contributed by atoms with E-state index in [2.05, 4.69) is 48.8 Å². The monoisotopic (exact) mass is 2180 g/mol. The van der Waals surface area contributed by atoms with Crippen LogP contribution in [0.4, 0.5) is 50.4 Å². The molecular weight excluding hydrogens is 2070 g/mol. The zero-order valence-electron chi connectivity index (χ0n) is 79.9. The fraction of sp³-hybridized carbons (Fsp3) is 0.432. The van der Waals surface area contributed by atoms with Gasteiger partial charge in [0.05, 0.1) is 130 Å². The topological polar surface area (TPSA) is 736 Å². The number of ether oxygens (including phenoxy) is 7. The first kappa shape index (κ1) is 114. The Hall–Kier alpha value is -11.2. The van der Waals surface area contributed by atoms with Gasteiger partial charge >= 0.3 is 50.9 Å². The predicted molar refractivity (Wildman–Crippen MR) is 512 cm³/mol. The molecule has 0 amide bonds. The Bertz CT molecular complexity index is 7010. The Kier molecular flexibility index (Phi) is 35.1. The van der Waals surface area contributed by atoms with Crippen molar-refractivity contribution < 1.29 is 174 Å². The Morgan fingerprint density at radius 3 is 1.01 bits per heavy atom. The van der Waals surface area contributed by atoms with Crippen molar-refractivity contribution in [3.8, 4) is 17.6 Å². The lowest BCUT2D eigenvalue weighted by Crippen LogP contribution is -2.38. The van der Waals surface area contributed by atoms with Gasteiger partial charge in [0.25, 0.3) is 0 Å². The van der Waals surface area contributed by atoms with Gasteiger partial charge in [0.2, 0.25) is 5.60 Å². The summed E-state index contributed by atoms with van der Waals surface area (Å²) in [5.74, 6) is -0.916. The van der Waals surface area contributed by atoms with E-state index in [0.717, 1.165) is 0 Å². The fourth-order valence-corrected chi connectivity index (χ4v) is 22.9. The maximum atomic E-state index is 15.5. The highest BCUT2D eigenvalue weighted by molar-refractivity contribution is 7.66. The van der Waals surface area contributed by atoms with Crippen LogP contribution in [0.2, 0.25) is 0 Å². The Morgan fingerprint density at radius 2 is 0.709 bits per heavy atom. The van der Waals surface area contributed by atoms with E-state index in [1.54, 1.807) is 160 Å². The third-order valence-electron chi connectivity index (χ3n) is 24.3. The number of phosphoric ester groups is 1. The summed E-state index contributed by atoms with van der Waals surface area (Å²) in [6, 6.07) is 40.0. The number of phosphoric acid groups is 3. The quantitative estimate of drug-likeness (QED) is 0.0116. The number of hydrogen-bond acceptors (Lipinski definition) is 39. The molecule has 12 aromatic rings. The molecular formula is C88H110F5N18O32P5. The minimum Gasteiger partial charge on any atom is -0.465 e. The van der Waals surface area contributed by atoms with E-state index < -0.39 is 222 Å². The third kappa shape index (κ3) is 24.0. The highest BCUT2D eigenvalue weighted by atomic mass is 31.3. The summed E-state index contributed by atoms with van der Waals surface area (Å²) in [5, 5.41) is 105. The minimum atomic E-state index is -5.72. The number of benzene rings is 2. The van der Waals surface area contributed by atoms with Crippen LogP contribution in [-0.2, 0) is 116 Å². The van der Waals surface area contributed by atoms with Crippen molar-refractivity contribution in [2.24, 2.45) is 0 Å². The van der Waals surface area contributed by atoms with E-state index >= 15 is 13.2 Å². The molecule has 804 valence electrons. The molecule has 5 saturated heterocycles. The van der Waals surface area contributed by atoms with Crippen LogP contribution in [0.25, 0.3) is 27.6 Å². The molecule has 0 spiro atoms. The fourth-order valence-electron chi connectivity index (χ4n) is 16.9. The molecule has 26 atom stereocenters. The molecule has 17 rings (SSSR count). The standard InChI is InChI=1S/C25H32FN4O7P.C24H30FN4O7P.C13H13FN4O3.C13H19FN3O12P3.C13H16FN3O3/c1-15(2)35-24(32)16(3)29-38(33,37-17-8-6-5-7-9-17)34-14-20-22(31)23(26)25(4,36-20)21-11-10-19-18(27)12-13-28-30(19)21;1-4-33-23(31)15(2)28-37(32,36-16-8-6-5-7-9-16)34-14-19-21(30)22(25)24(3,35-19)20-11-10-18-17(26)12-13-27-29(18)20;14-12-11(20)9(5-19)21-13(12,6-15)10-2-1-8-7(16)3-4-17-18(8)10;1-13(10-3-2-8-7(15)4-5-16-17(8)10)12(14)11(18)9(27-13)6-26-31(22,23)29-32(24,25)28-30(19,20)21;1-13(12(14)11(19)9(6-18)20-13)10-3-2-8-7(15)4-5-16-17(8)10/h5-13,15-16,20,22-23,31H,14,27H2,1-4H3,(H,29,33);5-13,15,19,21-22,30H,4,14,26H2,1-3H3,(H,28,32);1-4,9,11-12,19-20H,5,16H2;2-5,9,11-12,18H,6,15H2,1H3,(H,22,23)(H,24,25)(H2,19,20,21);2-5,9,11-12,18-19H,6,15H2,1H3/t16-,20-,22-,23-,25+,38?;15-,19-,21-,22-,24+,37?;3*9-,11-,12-,13+/m11111/s1. The van der Waals surface area contributed by atoms with E-state index in [-0.39, 0.29) is 29.5 Å². The normalized spacial score (nSPS) is 28.9. The van der Waals surface area contributed by atoms with E-state index in [0.29, 0.717) is 73.1 Å². The second-order valence-electron chi connectivity index (χ2n) is 35.1. The molecule has 60 heteroatoms. The van der Waals surface area contributed by atoms with Gasteiger partial charge in [0.1, 0.15) is 113 Å². The zero-order chi connectivity index (χ0) is 108. The van der Waals surface area contributed by atoms with Gasteiger partial charge in [-0.2, -0.15) is 49.6 Å². The van der Waals surface area contributed by atoms with Crippen molar-refractivity contribution in [1.82, 2.24) is 58.2 Å². The predicted octanol–water partition coefficient (Wildman–Crippen LogP) is 6.86. The number of carbonyl (C=O) groups excluding carboxylic acids is 2. The van der Waals surface area contributed by atoms with Crippen LogP contribution >= 0.6 is 39.0 Å². The number of aliphatic hydroxyl groups is 7. The molecule has 50 nitrogen and oxygen atoms in total. The molecule has 148 heavy (non-hydrogen) atoms. The number of nitrogens with one attached hydrogen (secondary N) is 2. The van der Waals surface area contributed by atoms with E-state index in [1.807, 2.05) is 0 Å². The number of nitrogen functional groups attached to an aromatic ring is 5. The van der Waals surface area contributed by atoms with Gasteiger partial charge in [-0.15, -0.1) is 0 Å². The van der Waals surface area contributed by atoms with Crippen LogP contribution in [0.3, 0.4) is 0 Å². The molecule has 2 aromatic carbocycles. The van der Waals surface area contributed by atoms with Crippen molar-refractivity contribution >= 4 is 107 Å². The number of nitrogens with two attached hydrogens (primary N) is 5. The Morgan fingerprint density at radius 1 is 0.419 bits per heavy atom. The number of carbonyl (C=O) groups is 2. The van der Waals surface area contributed by atoms with Gasteiger partial charge in [-0.3, -0.25) is 23.2 Å². The number of aromatic nitrogens is 10. The average molecular weight is 2180 g/mol. The highest BCUT2D eigenvalue weighted by Gasteiger charge is 2.62. The number of hydrogen-bond donors (Lipinski definition) is 18. The number of fused-ring (bicyclic) bond motifs is 5.